The molecule has 0 unspecified atom stereocenters. The van der Waals surface area contributed by atoms with Crippen LogP contribution in [0, 0.1) is 6.92 Å². The van der Waals surface area contributed by atoms with Crippen molar-refractivity contribution in [2.24, 2.45) is 0 Å². The molecule has 19 heavy (non-hydrogen) atoms. The molecule has 3 N–H and O–H groups in total. The SMILES string of the molecule is Cc1ccc(Br)cc1C(=O)NCc1ccc(N)cc1. The number of amides is 1. The van der Waals surface area contributed by atoms with Crippen LogP contribution in [0.5, 0.6) is 0 Å². The van der Waals surface area contributed by atoms with Gasteiger partial charge in [0.2, 0.25) is 0 Å². The second-order valence-corrected chi connectivity index (χ2v) is 5.30. The first-order chi connectivity index (χ1) is 9.06. The van der Waals surface area contributed by atoms with Crippen LogP contribution in [0.2, 0.25) is 0 Å². The number of hydrogen-bond donors (Lipinski definition) is 2. The Morgan fingerprint density at radius 3 is 2.58 bits per heavy atom. The van der Waals surface area contributed by atoms with Crippen LogP contribution in [0.1, 0.15) is 21.5 Å². The van der Waals surface area contributed by atoms with Gasteiger partial charge in [-0.25, -0.2) is 0 Å². The number of nitrogens with one attached hydrogen (secondary N) is 1. The molecule has 1 amide bonds. The highest BCUT2D eigenvalue weighted by molar-refractivity contribution is 9.10. The Morgan fingerprint density at radius 2 is 1.89 bits per heavy atom. The number of nitrogen functional groups attached to an aromatic ring is 1. The third kappa shape index (κ3) is 3.58. The lowest BCUT2D eigenvalue weighted by atomic mass is 10.1. The monoisotopic (exact) mass is 318 g/mol. The van der Waals surface area contributed by atoms with E-state index in [-0.39, 0.29) is 5.91 Å². The summed E-state index contributed by atoms with van der Waals surface area (Å²) in [6, 6.07) is 13.1. The fraction of sp³-hybridized carbons (Fsp3) is 0.133. The van der Waals surface area contributed by atoms with E-state index in [0.29, 0.717) is 12.1 Å². The molecule has 0 radical (unpaired) electrons. The fourth-order valence-corrected chi connectivity index (χ4v) is 2.11. The minimum atomic E-state index is -0.0735. The average Bonchev–Trinajstić information content (AvgIpc) is 2.40. The molecule has 0 saturated heterocycles. The van der Waals surface area contributed by atoms with E-state index in [0.717, 1.165) is 21.3 Å². The first-order valence-corrected chi connectivity index (χ1v) is 6.74. The summed E-state index contributed by atoms with van der Waals surface area (Å²) in [5, 5.41) is 2.90. The van der Waals surface area contributed by atoms with E-state index in [2.05, 4.69) is 21.2 Å². The predicted octanol–water partition coefficient (Wildman–Crippen LogP) is 3.27. The zero-order valence-electron chi connectivity index (χ0n) is 10.6. The highest BCUT2D eigenvalue weighted by atomic mass is 79.9. The van der Waals surface area contributed by atoms with Gasteiger partial charge in [-0.15, -0.1) is 0 Å². The van der Waals surface area contributed by atoms with Gasteiger partial charge in [0.1, 0.15) is 0 Å². The maximum absolute atomic E-state index is 12.1. The van der Waals surface area contributed by atoms with Crippen molar-refractivity contribution in [3.05, 3.63) is 63.6 Å². The summed E-state index contributed by atoms with van der Waals surface area (Å²) in [6.45, 7) is 2.41. The molecule has 0 aliphatic carbocycles. The van der Waals surface area contributed by atoms with E-state index < -0.39 is 0 Å². The summed E-state index contributed by atoms with van der Waals surface area (Å²) in [5.74, 6) is -0.0735. The van der Waals surface area contributed by atoms with Gasteiger partial charge in [-0.1, -0.05) is 34.1 Å². The van der Waals surface area contributed by atoms with Gasteiger partial charge in [0.25, 0.3) is 5.91 Å². The Bertz CT molecular complexity index is 594. The molecule has 0 aliphatic rings. The van der Waals surface area contributed by atoms with Crippen LogP contribution in [-0.4, -0.2) is 5.91 Å². The maximum Gasteiger partial charge on any atom is 0.251 e. The van der Waals surface area contributed by atoms with Crippen LogP contribution < -0.4 is 11.1 Å². The third-order valence-corrected chi connectivity index (χ3v) is 3.37. The molecule has 0 spiro atoms. The molecule has 0 heterocycles. The van der Waals surface area contributed by atoms with Crippen LogP contribution in [0.4, 0.5) is 5.69 Å². The molecule has 0 aliphatic heterocycles. The van der Waals surface area contributed by atoms with E-state index >= 15 is 0 Å². The number of anilines is 1. The van der Waals surface area contributed by atoms with Crippen molar-refractivity contribution in [3.63, 3.8) is 0 Å². The fourth-order valence-electron chi connectivity index (χ4n) is 1.75. The highest BCUT2D eigenvalue weighted by Gasteiger charge is 2.08. The van der Waals surface area contributed by atoms with E-state index in [1.807, 2.05) is 49.4 Å². The van der Waals surface area contributed by atoms with Crippen LogP contribution in [0.15, 0.2) is 46.9 Å². The minimum Gasteiger partial charge on any atom is -0.399 e. The Morgan fingerprint density at radius 1 is 1.21 bits per heavy atom. The lowest BCUT2D eigenvalue weighted by Gasteiger charge is -2.08. The molecule has 2 rings (SSSR count). The topological polar surface area (TPSA) is 55.1 Å². The molecule has 4 heteroatoms. The van der Waals surface area contributed by atoms with Gasteiger partial charge in [0.15, 0.2) is 0 Å². The van der Waals surface area contributed by atoms with Crippen LogP contribution in [-0.2, 0) is 6.54 Å². The summed E-state index contributed by atoms with van der Waals surface area (Å²) in [7, 11) is 0. The Labute approximate surface area is 121 Å². The molecule has 3 nitrogen and oxygen atoms in total. The Balaban J connectivity index is 2.05. The van der Waals surface area contributed by atoms with Crippen LogP contribution >= 0.6 is 15.9 Å². The van der Waals surface area contributed by atoms with Gasteiger partial charge < -0.3 is 11.1 Å². The number of hydrogen-bond acceptors (Lipinski definition) is 2. The Kier molecular flexibility index (Phi) is 4.22. The zero-order valence-corrected chi connectivity index (χ0v) is 12.2. The zero-order chi connectivity index (χ0) is 13.8. The summed E-state index contributed by atoms with van der Waals surface area (Å²) in [6.07, 6.45) is 0. The minimum absolute atomic E-state index is 0.0735. The number of rotatable bonds is 3. The molecule has 0 bridgehead atoms. The number of nitrogens with two attached hydrogens (primary N) is 1. The normalized spacial score (nSPS) is 10.2. The van der Waals surface area contributed by atoms with E-state index in [4.69, 9.17) is 5.73 Å². The van der Waals surface area contributed by atoms with Crippen molar-refractivity contribution in [1.29, 1.82) is 0 Å². The Hall–Kier alpha value is -1.81. The first kappa shape index (κ1) is 13.6. The molecule has 2 aromatic rings. The molecule has 0 fully saturated rings. The molecule has 2 aromatic carbocycles. The van der Waals surface area contributed by atoms with Gasteiger partial charge in [0.05, 0.1) is 0 Å². The molecule has 98 valence electrons. The molecule has 0 saturated carbocycles. The van der Waals surface area contributed by atoms with Crippen molar-refractivity contribution in [1.82, 2.24) is 5.32 Å². The maximum atomic E-state index is 12.1. The van der Waals surface area contributed by atoms with Gasteiger partial charge in [0, 0.05) is 22.3 Å². The molecular weight excluding hydrogens is 304 g/mol. The van der Waals surface area contributed by atoms with Crippen LogP contribution in [0.25, 0.3) is 0 Å². The summed E-state index contributed by atoms with van der Waals surface area (Å²) >= 11 is 3.37. The van der Waals surface area contributed by atoms with Gasteiger partial charge in [-0.2, -0.15) is 0 Å². The summed E-state index contributed by atoms with van der Waals surface area (Å²) in [5.41, 5.74) is 9.00. The highest BCUT2D eigenvalue weighted by Crippen LogP contribution is 2.16. The van der Waals surface area contributed by atoms with Gasteiger partial charge in [-0.05, 0) is 42.3 Å². The predicted molar refractivity (Wildman–Crippen MR) is 80.9 cm³/mol. The first-order valence-electron chi connectivity index (χ1n) is 5.95. The summed E-state index contributed by atoms with van der Waals surface area (Å²) in [4.78, 5) is 12.1. The van der Waals surface area contributed by atoms with E-state index in [9.17, 15) is 4.79 Å². The van der Waals surface area contributed by atoms with Crippen molar-refractivity contribution in [2.75, 3.05) is 5.73 Å². The quantitative estimate of drug-likeness (QED) is 0.853. The van der Waals surface area contributed by atoms with E-state index in [1.165, 1.54) is 0 Å². The van der Waals surface area contributed by atoms with Gasteiger partial charge in [-0.3, -0.25) is 4.79 Å². The van der Waals surface area contributed by atoms with E-state index in [1.54, 1.807) is 0 Å². The molecule has 0 atom stereocenters. The number of benzene rings is 2. The van der Waals surface area contributed by atoms with Crippen molar-refractivity contribution in [3.8, 4) is 0 Å². The molecular formula is C15H15BrN2O. The van der Waals surface area contributed by atoms with Gasteiger partial charge >= 0.3 is 0 Å². The number of carbonyl (C=O) groups is 1. The number of halogens is 1. The second kappa shape index (κ2) is 5.89. The van der Waals surface area contributed by atoms with Crippen molar-refractivity contribution >= 4 is 27.5 Å². The average molecular weight is 319 g/mol. The van der Waals surface area contributed by atoms with Crippen molar-refractivity contribution < 1.29 is 4.79 Å². The third-order valence-electron chi connectivity index (χ3n) is 2.88. The molecule has 0 aromatic heterocycles. The summed E-state index contributed by atoms with van der Waals surface area (Å²) < 4.78 is 0.899. The van der Waals surface area contributed by atoms with Crippen LogP contribution in [0.3, 0.4) is 0 Å². The number of aryl methyl sites for hydroxylation is 1. The second-order valence-electron chi connectivity index (χ2n) is 4.38. The standard InChI is InChI=1S/C15H15BrN2O/c1-10-2-5-12(16)8-14(10)15(19)18-9-11-3-6-13(17)7-4-11/h2-8H,9,17H2,1H3,(H,18,19). The smallest absolute Gasteiger partial charge is 0.251 e. The lowest BCUT2D eigenvalue weighted by molar-refractivity contribution is 0.0950. The largest absolute Gasteiger partial charge is 0.399 e. The number of carbonyl (C=O) groups excluding carboxylic acids is 1. The van der Waals surface area contributed by atoms with Crippen molar-refractivity contribution in [2.45, 2.75) is 13.5 Å². The lowest BCUT2D eigenvalue weighted by Crippen LogP contribution is -2.23.